The third kappa shape index (κ3) is 7.72. The van der Waals surface area contributed by atoms with E-state index in [-0.39, 0.29) is 5.57 Å². The number of carboxylic acids is 1. The summed E-state index contributed by atoms with van der Waals surface area (Å²) in [6.07, 6.45) is 0.939. The molecular weight excluding hydrogens is 266 g/mol. The molecule has 0 bridgehead atoms. The van der Waals surface area contributed by atoms with Crippen molar-refractivity contribution >= 4 is 21.6 Å². The fraction of sp³-hybridized carbons (Fsp3) is 0.400. The smallest absolute Gasteiger partial charge is 0.478 e. The van der Waals surface area contributed by atoms with Crippen molar-refractivity contribution in [1.29, 1.82) is 0 Å². The van der Waals surface area contributed by atoms with Gasteiger partial charge in [0.25, 0.3) is 0 Å². The molecule has 0 saturated heterocycles. The van der Waals surface area contributed by atoms with Crippen molar-refractivity contribution in [2.45, 2.75) is 6.92 Å². The second-order valence-corrected chi connectivity index (χ2v) is 5.36. The first-order chi connectivity index (χ1) is 7.03. The summed E-state index contributed by atoms with van der Waals surface area (Å²) in [7, 11) is -10.0. The molecule has 0 amide bonds. The molecule has 0 aromatic heterocycles. The summed E-state index contributed by atoms with van der Waals surface area (Å²) in [5, 5.41) is 8.39. The van der Waals surface area contributed by atoms with Crippen molar-refractivity contribution in [3.8, 4) is 0 Å². The highest BCUT2D eigenvalue weighted by molar-refractivity contribution is 7.60. The first kappa shape index (κ1) is 15.5. The van der Waals surface area contributed by atoms with Gasteiger partial charge < -0.3 is 19.8 Å². The molecule has 0 aliphatic rings. The zero-order valence-corrected chi connectivity index (χ0v) is 9.80. The lowest BCUT2D eigenvalue weighted by molar-refractivity contribution is -0.132. The van der Waals surface area contributed by atoms with Crippen LogP contribution in [0, 0.1) is 0 Å². The molecule has 1 atom stereocenters. The Kier molecular flexibility index (Phi) is 5.51. The van der Waals surface area contributed by atoms with Crippen LogP contribution in [0.2, 0.25) is 0 Å². The van der Waals surface area contributed by atoms with Crippen molar-refractivity contribution in [3.63, 3.8) is 0 Å². The molecule has 0 spiro atoms. The van der Waals surface area contributed by atoms with E-state index < -0.39 is 28.2 Å². The predicted octanol–water partition coefficient (Wildman–Crippen LogP) is 0.244. The molecule has 11 heteroatoms. The summed E-state index contributed by atoms with van der Waals surface area (Å²) in [6, 6.07) is 0. The van der Waals surface area contributed by atoms with E-state index in [1.165, 1.54) is 6.92 Å². The van der Waals surface area contributed by atoms with E-state index in [9.17, 15) is 13.9 Å². The van der Waals surface area contributed by atoms with Gasteiger partial charge in [0.15, 0.2) is 0 Å². The number of phosphoric acid groups is 2. The minimum atomic E-state index is -5.15. The number of carbonyl (C=O) groups is 1. The second-order valence-electron chi connectivity index (χ2n) is 2.53. The van der Waals surface area contributed by atoms with Crippen molar-refractivity contribution in [1.82, 2.24) is 0 Å². The van der Waals surface area contributed by atoms with Crippen LogP contribution in [0.25, 0.3) is 0 Å². The fourth-order valence-corrected chi connectivity index (χ4v) is 2.03. The van der Waals surface area contributed by atoms with Gasteiger partial charge in [0.05, 0.1) is 6.61 Å². The standard InChI is InChI=1S/C5H10O9P2/c1-4(5(6)7)2-3-13-16(11,12)14-15(8,9)10/h2H,3H2,1H3,(H,6,7)(H,11,12)(H2,8,9,10)/b4-2+. The van der Waals surface area contributed by atoms with Crippen LogP contribution in [0.3, 0.4) is 0 Å². The highest BCUT2D eigenvalue weighted by Gasteiger charge is 2.31. The molecule has 0 aliphatic carbocycles. The van der Waals surface area contributed by atoms with Crippen molar-refractivity contribution in [3.05, 3.63) is 11.6 Å². The second kappa shape index (κ2) is 5.70. The van der Waals surface area contributed by atoms with Crippen molar-refractivity contribution < 1.29 is 42.5 Å². The van der Waals surface area contributed by atoms with Gasteiger partial charge in [0, 0.05) is 5.57 Å². The quantitative estimate of drug-likeness (QED) is 0.395. The van der Waals surface area contributed by atoms with E-state index in [1.54, 1.807) is 0 Å². The number of phosphoric ester groups is 1. The molecule has 94 valence electrons. The number of hydrogen-bond donors (Lipinski definition) is 4. The molecule has 0 aromatic rings. The minimum absolute atomic E-state index is 0.156. The maximum atomic E-state index is 10.8. The van der Waals surface area contributed by atoms with E-state index in [4.69, 9.17) is 19.8 Å². The highest BCUT2D eigenvalue weighted by atomic mass is 31.3. The zero-order chi connectivity index (χ0) is 13.0. The third-order valence-electron chi connectivity index (χ3n) is 1.17. The molecule has 0 rings (SSSR count). The van der Waals surface area contributed by atoms with Crippen molar-refractivity contribution in [2.24, 2.45) is 0 Å². The van der Waals surface area contributed by atoms with Crippen LogP contribution in [0.5, 0.6) is 0 Å². The molecule has 0 aromatic carbocycles. The van der Waals surface area contributed by atoms with Gasteiger partial charge in [0.1, 0.15) is 0 Å². The Balaban J connectivity index is 4.31. The molecule has 0 heterocycles. The third-order valence-corrected chi connectivity index (χ3v) is 3.33. The van der Waals surface area contributed by atoms with Gasteiger partial charge in [-0.05, 0) is 13.0 Å². The van der Waals surface area contributed by atoms with E-state index in [2.05, 4.69) is 8.83 Å². The predicted molar refractivity (Wildman–Crippen MR) is 50.3 cm³/mol. The number of aliphatic carboxylic acids is 1. The summed E-state index contributed by atoms with van der Waals surface area (Å²) >= 11 is 0. The summed E-state index contributed by atoms with van der Waals surface area (Å²) in [5.41, 5.74) is -0.156. The Morgan fingerprint density at radius 1 is 1.31 bits per heavy atom. The average Bonchev–Trinajstić information content (AvgIpc) is 1.98. The molecule has 1 unspecified atom stereocenters. The Bertz CT molecular complexity index is 379. The van der Waals surface area contributed by atoms with Gasteiger partial charge in [-0.1, -0.05) is 0 Å². The van der Waals surface area contributed by atoms with E-state index >= 15 is 0 Å². The average molecular weight is 276 g/mol. The molecule has 0 aliphatic heterocycles. The lowest BCUT2D eigenvalue weighted by Crippen LogP contribution is -1.99. The summed E-state index contributed by atoms with van der Waals surface area (Å²) in [4.78, 5) is 35.5. The Hall–Kier alpha value is -0.530. The maximum Gasteiger partial charge on any atom is 0.481 e. The van der Waals surface area contributed by atoms with Gasteiger partial charge in [-0.15, -0.1) is 0 Å². The number of hydrogen-bond acceptors (Lipinski definition) is 5. The summed E-state index contributed by atoms with van der Waals surface area (Å²) in [6.45, 7) is 0.573. The number of rotatable bonds is 6. The molecule has 0 fully saturated rings. The SMILES string of the molecule is C/C(=C\COP(=O)(O)OP(=O)(O)O)C(=O)O. The first-order valence-corrected chi connectivity index (χ1v) is 6.70. The summed E-state index contributed by atoms with van der Waals surface area (Å²) < 4.78 is 28.6. The van der Waals surface area contributed by atoms with Crippen molar-refractivity contribution in [2.75, 3.05) is 6.61 Å². The molecule has 4 N–H and O–H groups in total. The largest absolute Gasteiger partial charge is 0.481 e. The molecule has 16 heavy (non-hydrogen) atoms. The fourth-order valence-electron chi connectivity index (χ4n) is 0.502. The van der Waals surface area contributed by atoms with Gasteiger partial charge in [-0.25, -0.2) is 13.9 Å². The van der Waals surface area contributed by atoms with Crippen LogP contribution < -0.4 is 0 Å². The van der Waals surface area contributed by atoms with Crippen LogP contribution >= 0.6 is 15.6 Å². The topological polar surface area (TPSA) is 151 Å². The van der Waals surface area contributed by atoms with Gasteiger partial charge in [-0.2, -0.15) is 4.31 Å². The molecular formula is C5H10O9P2. The maximum absolute atomic E-state index is 10.8. The van der Waals surface area contributed by atoms with Gasteiger partial charge in [-0.3, -0.25) is 4.52 Å². The van der Waals surface area contributed by atoms with Gasteiger partial charge >= 0.3 is 21.6 Å². The highest BCUT2D eigenvalue weighted by Crippen LogP contribution is 2.57. The van der Waals surface area contributed by atoms with Crippen LogP contribution in [-0.2, 0) is 22.8 Å². The van der Waals surface area contributed by atoms with E-state index in [0.29, 0.717) is 0 Å². The zero-order valence-electron chi connectivity index (χ0n) is 8.01. The lowest BCUT2D eigenvalue weighted by atomic mass is 10.3. The molecule has 0 radical (unpaired) electrons. The molecule has 0 saturated carbocycles. The first-order valence-electron chi connectivity index (χ1n) is 3.68. The number of carboxylic acid groups (broad SMARTS) is 1. The van der Waals surface area contributed by atoms with Crippen LogP contribution in [-0.4, -0.2) is 32.4 Å². The Morgan fingerprint density at radius 2 is 1.81 bits per heavy atom. The van der Waals surface area contributed by atoms with Crippen LogP contribution in [0.4, 0.5) is 0 Å². The van der Waals surface area contributed by atoms with Gasteiger partial charge in [0.2, 0.25) is 0 Å². The van der Waals surface area contributed by atoms with E-state index in [1.807, 2.05) is 0 Å². The van der Waals surface area contributed by atoms with E-state index in [0.717, 1.165) is 6.08 Å². The van der Waals surface area contributed by atoms with Crippen LogP contribution in [0.15, 0.2) is 11.6 Å². The minimum Gasteiger partial charge on any atom is -0.478 e. The normalized spacial score (nSPS) is 16.9. The Morgan fingerprint density at radius 3 is 2.19 bits per heavy atom. The monoisotopic (exact) mass is 276 g/mol. The molecule has 9 nitrogen and oxygen atoms in total. The summed E-state index contributed by atoms with van der Waals surface area (Å²) in [5.74, 6) is -1.26. The lowest BCUT2D eigenvalue weighted by Gasteiger charge is -2.10. The Labute approximate surface area is 90.2 Å². The van der Waals surface area contributed by atoms with Crippen LogP contribution in [0.1, 0.15) is 6.92 Å².